The molecule has 0 heterocycles. The van der Waals surface area contributed by atoms with E-state index in [0.29, 0.717) is 0 Å². The predicted molar refractivity (Wildman–Crippen MR) is 59.7 cm³/mol. The number of hydrogen-bond donors (Lipinski definition) is 1. The molecule has 0 aromatic heterocycles. The minimum Gasteiger partial charge on any atom is -0.362 e. The van der Waals surface area contributed by atoms with E-state index in [0.717, 1.165) is 5.56 Å². The molecule has 0 atom stereocenters. The Morgan fingerprint density at radius 2 is 1.50 bits per heavy atom. The number of nitrogens with zero attached hydrogens (tertiary/aromatic N) is 1. The quantitative estimate of drug-likeness (QED) is 0.832. The fraction of sp³-hybridized carbons (Fsp3) is 0.273. The lowest BCUT2D eigenvalue weighted by Gasteiger charge is -2.08. The maximum Gasteiger partial charge on any atom is 0.470 e. The van der Waals surface area contributed by atoms with E-state index in [9.17, 15) is 18.0 Å². The van der Waals surface area contributed by atoms with Crippen LogP contribution in [0.25, 0.3) is 0 Å². The molecule has 18 heavy (non-hydrogen) atoms. The molecule has 2 N–H and O–H groups in total. The molecule has 0 radical (unpaired) electrons. The topological polar surface area (TPSA) is 63.4 Å². The van der Waals surface area contributed by atoms with Crippen molar-refractivity contribution in [3.05, 3.63) is 35.9 Å². The van der Waals surface area contributed by atoms with E-state index in [1.807, 2.05) is 30.3 Å². The standard InChI is InChI=1S/C9H11NO.C2H2F3NO/c1-10(2)9(11)8-6-4-3-5-7-8;3-2(4,5)1(6)7/h3-7H,1-2H3;(H2,6,7). The lowest BCUT2D eigenvalue weighted by atomic mass is 10.2. The average molecular weight is 262 g/mol. The molecule has 1 aromatic carbocycles. The summed E-state index contributed by atoms with van der Waals surface area (Å²) in [5.41, 5.74) is 4.54. The van der Waals surface area contributed by atoms with E-state index < -0.39 is 12.1 Å². The summed E-state index contributed by atoms with van der Waals surface area (Å²) in [6.07, 6.45) is -4.86. The molecule has 4 nitrogen and oxygen atoms in total. The van der Waals surface area contributed by atoms with Gasteiger partial charge < -0.3 is 10.6 Å². The largest absolute Gasteiger partial charge is 0.470 e. The van der Waals surface area contributed by atoms with Crippen LogP contribution in [-0.4, -0.2) is 37.0 Å². The number of nitrogens with two attached hydrogens (primary N) is 1. The van der Waals surface area contributed by atoms with Gasteiger partial charge >= 0.3 is 12.1 Å². The first-order valence-corrected chi connectivity index (χ1v) is 4.79. The second-order valence-electron chi connectivity index (χ2n) is 3.43. The van der Waals surface area contributed by atoms with Crippen molar-refractivity contribution in [2.24, 2.45) is 5.73 Å². The van der Waals surface area contributed by atoms with Crippen molar-refractivity contribution in [1.29, 1.82) is 0 Å². The fourth-order valence-corrected chi connectivity index (χ4v) is 0.839. The van der Waals surface area contributed by atoms with Crippen LogP contribution in [0, 0.1) is 0 Å². The zero-order valence-corrected chi connectivity index (χ0v) is 9.86. The first kappa shape index (κ1) is 16.0. The Labute approximate surface area is 102 Å². The lowest BCUT2D eigenvalue weighted by molar-refractivity contribution is -0.169. The zero-order chi connectivity index (χ0) is 14.3. The molecule has 0 aliphatic carbocycles. The van der Waals surface area contributed by atoms with Crippen molar-refractivity contribution in [2.75, 3.05) is 14.1 Å². The monoisotopic (exact) mass is 262 g/mol. The van der Waals surface area contributed by atoms with Crippen LogP contribution < -0.4 is 5.73 Å². The van der Waals surface area contributed by atoms with Crippen molar-refractivity contribution in [3.63, 3.8) is 0 Å². The molecule has 0 aliphatic rings. The van der Waals surface area contributed by atoms with Gasteiger partial charge in [0.2, 0.25) is 0 Å². The smallest absolute Gasteiger partial charge is 0.362 e. The summed E-state index contributed by atoms with van der Waals surface area (Å²) in [5.74, 6) is -2.21. The van der Waals surface area contributed by atoms with E-state index in [4.69, 9.17) is 4.79 Å². The van der Waals surface area contributed by atoms with Gasteiger partial charge in [0, 0.05) is 19.7 Å². The van der Waals surface area contributed by atoms with Crippen LogP contribution in [0.5, 0.6) is 0 Å². The number of benzene rings is 1. The van der Waals surface area contributed by atoms with E-state index >= 15 is 0 Å². The number of alkyl halides is 3. The molecule has 0 fully saturated rings. The molecular formula is C11H13F3N2O2. The highest BCUT2D eigenvalue weighted by atomic mass is 19.4. The number of carbonyl (C=O) groups is 2. The third-order valence-electron chi connectivity index (χ3n) is 1.71. The van der Waals surface area contributed by atoms with E-state index in [-0.39, 0.29) is 5.91 Å². The van der Waals surface area contributed by atoms with Crippen LogP contribution in [0.2, 0.25) is 0 Å². The number of carbonyl (C=O) groups excluding carboxylic acids is 2. The van der Waals surface area contributed by atoms with Gasteiger partial charge in [0.25, 0.3) is 5.91 Å². The van der Waals surface area contributed by atoms with Crippen LogP contribution in [0.4, 0.5) is 13.2 Å². The van der Waals surface area contributed by atoms with Crippen molar-refractivity contribution >= 4 is 11.8 Å². The maximum atomic E-state index is 11.3. The van der Waals surface area contributed by atoms with Crippen LogP contribution >= 0.6 is 0 Å². The van der Waals surface area contributed by atoms with Crippen LogP contribution in [-0.2, 0) is 4.79 Å². The highest BCUT2D eigenvalue weighted by Gasteiger charge is 2.35. The second kappa shape index (κ2) is 6.63. The highest BCUT2D eigenvalue weighted by Crippen LogP contribution is 2.11. The van der Waals surface area contributed by atoms with Gasteiger partial charge in [0.05, 0.1) is 0 Å². The van der Waals surface area contributed by atoms with Gasteiger partial charge in [-0.2, -0.15) is 13.2 Å². The van der Waals surface area contributed by atoms with E-state index in [1.54, 1.807) is 19.0 Å². The van der Waals surface area contributed by atoms with Gasteiger partial charge in [-0.25, -0.2) is 0 Å². The van der Waals surface area contributed by atoms with Gasteiger partial charge in [-0.15, -0.1) is 0 Å². The SMILES string of the molecule is CN(C)C(=O)c1ccccc1.NC(=O)C(F)(F)F. The van der Waals surface area contributed by atoms with Gasteiger partial charge in [0.15, 0.2) is 0 Å². The van der Waals surface area contributed by atoms with Crippen molar-refractivity contribution in [3.8, 4) is 0 Å². The zero-order valence-electron chi connectivity index (χ0n) is 9.86. The van der Waals surface area contributed by atoms with Gasteiger partial charge in [0.1, 0.15) is 0 Å². The fourth-order valence-electron chi connectivity index (χ4n) is 0.839. The molecule has 0 saturated carbocycles. The Bertz CT molecular complexity index is 402. The molecule has 0 saturated heterocycles. The number of primary amides is 1. The van der Waals surface area contributed by atoms with Gasteiger partial charge in [-0.3, -0.25) is 9.59 Å². The van der Waals surface area contributed by atoms with Crippen molar-refractivity contribution < 1.29 is 22.8 Å². The Morgan fingerprint density at radius 1 is 1.11 bits per heavy atom. The Hall–Kier alpha value is -2.05. The Morgan fingerprint density at radius 3 is 1.78 bits per heavy atom. The summed E-state index contributed by atoms with van der Waals surface area (Å²) in [6.45, 7) is 0. The molecule has 7 heteroatoms. The predicted octanol–water partition coefficient (Wildman–Crippen LogP) is 1.42. The minimum atomic E-state index is -4.86. The number of amides is 2. The number of rotatable bonds is 1. The lowest BCUT2D eigenvalue weighted by Crippen LogP contribution is -2.30. The van der Waals surface area contributed by atoms with Gasteiger partial charge in [-0.05, 0) is 12.1 Å². The third-order valence-corrected chi connectivity index (χ3v) is 1.71. The summed E-state index contributed by atoms with van der Waals surface area (Å²) in [4.78, 5) is 22.0. The number of halogens is 3. The molecule has 1 rings (SSSR count). The van der Waals surface area contributed by atoms with E-state index in [2.05, 4.69) is 5.73 Å². The summed E-state index contributed by atoms with van der Waals surface area (Å²) in [7, 11) is 3.49. The minimum absolute atomic E-state index is 0.0469. The Kier molecular flexibility index (Phi) is 5.87. The summed E-state index contributed by atoms with van der Waals surface area (Å²) >= 11 is 0. The van der Waals surface area contributed by atoms with Crippen molar-refractivity contribution in [2.45, 2.75) is 6.18 Å². The first-order chi connectivity index (χ1) is 8.16. The molecule has 0 spiro atoms. The first-order valence-electron chi connectivity index (χ1n) is 4.79. The molecule has 2 amide bonds. The summed E-state index contributed by atoms with van der Waals surface area (Å²) < 4.78 is 32.1. The second-order valence-corrected chi connectivity index (χ2v) is 3.43. The van der Waals surface area contributed by atoms with E-state index in [1.165, 1.54) is 0 Å². The Balaban J connectivity index is 0.000000360. The average Bonchev–Trinajstić information content (AvgIpc) is 2.28. The maximum absolute atomic E-state index is 11.3. The van der Waals surface area contributed by atoms with Gasteiger partial charge in [-0.1, -0.05) is 18.2 Å². The third kappa shape index (κ3) is 5.88. The molecule has 1 aromatic rings. The van der Waals surface area contributed by atoms with Crippen LogP contribution in [0.3, 0.4) is 0 Å². The summed E-state index contributed by atoms with van der Waals surface area (Å²) in [6, 6.07) is 9.23. The van der Waals surface area contributed by atoms with Crippen molar-refractivity contribution in [1.82, 2.24) is 4.90 Å². The normalized spacial score (nSPS) is 10.1. The molecular weight excluding hydrogens is 249 g/mol. The molecule has 100 valence electrons. The number of hydrogen-bond acceptors (Lipinski definition) is 2. The van der Waals surface area contributed by atoms with Crippen LogP contribution in [0.1, 0.15) is 10.4 Å². The highest BCUT2D eigenvalue weighted by molar-refractivity contribution is 5.93. The molecule has 0 bridgehead atoms. The summed E-state index contributed by atoms with van der Waals surface area (Å²) in [5, 5.41) is 0. The molecule has 0 unspecified atom stereocenters. The molecule has 0 aliphatic heterocycles. The van der Waals surface area contributed by atoms with Crippen LogP contribution in [0.15, 0.2) is 30.3 Å².